The predicted octanol–water partition coefficient (Wildman–Crippen LogP) is 4.71. The van der Waals surface area contributed by atoms with Crippen LogP contribution in [-0.4, -0.2) is 35.2 Å². The molecule has 0 spiro atoms. The standard InChI is InChI=1S/C20H20Cl3N3O2/c21-16-3-1-13(2-4-16)12-26-7-5-14(6-8-26)20(28)25-24-11-15-9-17(22)10-18(23)19(15)27/h1-4,9-11,14,27H,5-8,12H2,(H,25,28). The molecule has 1 aliphatic rings. The molecule has 8 heteroatoms. The number of carbonyl (C=O) groups is 1. The van der Waals surface area contributed by atoms with Gasteiger partial charge >= 0.3 is 0 Å². The van der Waals surface area contributed by atoms with Gasteiger partial charge in [-0.2, -0.15) is 5.10 Å². The first-order chi connectivity index (χ1) is 13.4. The van der Waals surface area contributed by atoms with Gasteiger partial charge in [0.1, 0.15) is 5.75 Å². The van der Waals surface area contributed by atoms with Gasteiger partial charge in [0.05, 0.1) is 11.2 Å². The van der Waals surface area contributed by atoms with Crippen molar-refractivity contribution in [3.63, 3.8) is 0 Å². The zero-order valence-electron chi connectivity index (χ0n) is 15.0. The maximum atomic E-state index is 12.3. The van der Waals surface area contributed by atoms with E-state index in [1.54, 1.807) is 0 Å². The average Bonchev–Trinajstić information content (AvgIpc) is 2.68. The molecule has 0 unspecified atom stereocenters. The first-order valence-electron chi connectivity index (χ1n) is 8.90. The van der Waals surface area contributed by atoms with Gasteiger partial charge in [0.15, 0.2) is 0 Å². The monoisotopic (exact) mass is 439 g/mol. The number of aromatic hydroxyl groups is 1. The summed E-state index contributed by atoms with van der Waals surface area (Å²) in [6, 6.07) is 10.8. The molecule has 28 heavy (non-hydrogen) atoms. The fraction of sp³-hybridized carbons (Fsp3) is 0.300. The molecule has 5 nitrogen and oxygen atoms in total. The van der Waals surface area contributed by atoms with Gasteiger partial charge in [-0.3, -0.25) is 9.69 Å². The van der Waals surface area contributed by atoms with Crippen LogP contribution in [-0.2, 0) is 11.3 Å². The molecule has 0 saturated carbocycles. The number of hydrogen-bond acceptors (Lipinski definition) is 4. The summed E-state index contributed by atoms with van der Waals surface area (Å²) in [5.41, 5.74) is 4.09. The molecule has 2 aromatic rings. The molecular formula is C20H20Cl3N3O2. The molecule has 0 radical (unpaired) electrons. The fourth-order valence-corrected chi connectivity index (χ4v) is 3.78. The second-order valence-corrected chi connectivity index (χ2v) is 8.02. The topological polar surface area (TPSA) is 64.9 Å². The van der Waals surface area contributed by atoms with E-state index in [2.05, 4.69) is 15.4 Å². The molecule has 2 aromatic carbocycles. The summed E-state index contributed by atoms with van der Waals surface area (Å²) >= 11 is 17.7. The van der Waals surface area contributed by atoms with E-state index in [1.807, 2.05) is 24.3 Å². The van der Waals surface area contributed by atoms with Gasteiger partial charge < -0.3 is 5.11 Å². The van der Waals surface area contributed by atoms with E-state index in [9.17, 15) is 9.90 Å². The summed E-state index contributed by atoms with van der Waals surface area (Å²) in [6.45, 7) is 2.53. The van der Waals surface area contributed by atoms with E-state index in [0.29, 0.717) is 10.6 Å². The van der Waals surface area contributed by atoms with Crippen molar-refractivity contribution in [3.8, 4) is 5.75 Å². The van der Waals surface area contributed by atoms with Gasteiger partial charge in [-0.15, -0.1) is 0 Å². The number of rotatable bonds is 5. The molecule has 1 aliphatic heterocycles. The number of halogens is 3. The van der Waals surface area contributed by atoms with Crippen LogP contribution in [0.2, 0.25) is 15.1 Å². The second kappa shape index (κ2) is 9.61. The Morgan fingerprint density at radius 1 is 1.14 bits per heavy atom. The molecule has 1 saturated heterocycles. The minimum atomic E-state index is -0.130. The number of nitrogens with one attached hydrogen (secondary N) is 1. The fourth-order valence-electron chi connectivity index (χ4n) is 3.14. The van der Waals surface area contributed by atoms with Crippen LogP contribution in [0.1, 0.15) is 24.0 Å². The van der Waals surface area contributed by atoms with Crippen LogP contribution in [0.5, 0.6) is 5.75 Å². The van der Waals surface area contributed by atoms with Crippen LogP contribution < -0.4 is 5.43 Å². The van der Waals surface area contributed by atoms with Gasteiger partial charge in [0, 0.05) is 28.1 Å². The molecule has 1 fully saturated rings. The highest BCUT2D eigenvalue weighted by Crippen LogP contribution is 2.30. The van der Waals surface area contributed by atoms with Gasteiger partial charge in [-0.05, 0) is 55.8 Å². The Morgan fingerprint density at radius 2 is 1.82 bits per heavy atom. The summed E-state index contributed by atoms with van der Waals surface area (Å²) < 4.78 is 0. The number of hydrazone groups is 1. The maximum Gasteiger partial charge on any atom is 0.243 e. The highest BCUT2D eigenvalue weighted by molar-refractivity contribution is 6.36. The minimum Gasteiger partial charge on any atom is -0.506 e. The third-order valence-corrected chi connectivity index (χ3v) is 5.47. The second-order valence-electron chi connectivity index (χ2n) is 6.74. The number of piperidine rings is 1. The van der Waals surface area contributed by atoms with Gasteiger partial charge in [-0.25, -0.2) is 5.43 Å². The first kappa shape index (κ1) is 20.9. The number of amides is 1. The van der Waals surface area contributed by atoms with Gasteiger partial charge in [-0.1, -0.05) is 46.9 Å². The van der Waals surface area contributed by atoms with E-state index < -0.39 is 0 Å². The quantitative estimate of drug-likeness (QED) is 0.522. The van der Waals surface area contributed by atoms with E-state index in [1.165, 1.54) is 23.9 Å². The lowest BCUT2D eigenvalue weighted by atomic mass is 9.96. The van der Waals surface area contributed by atoms with Crippen LogP contribution in [0.25, 0.3) is 0 Å². The molecule has 3 rings (SSSR count). The summed E-state index contributed by atoms with van der Waals surface area (Å²) in [7, 11) is 0. The number of hydrogen-bond donors (Lipinski definition) is 2. The molecule has 0 aliphatic carbocycles. The van der Waals surface area contributed by atoms with Crippen molar-refractivity contribution in [1.29, 1.82) is 0 Å². The molecular weight excluding hydrogens is 421 g/mol. The Bertz CT molecular complexity index is 864. The molecule has 0 atom stereocenters. The van der Waals surface area contributed by atoms with Gasteiger partial charge in [0.25, 0.3) is 0 Å². The van der Waals surface area contributed by atoms with Crippen molar-refractivity contribution >= 4 is 46.9 Å². The molecule has 0 bridgehead atoms. The Kier molecular flexibility index (Phi) is 7.18. The molecule has 2 N–H and O–H groups in total. The lowest BCUT2D eigenvalue weighted by Crippen LogP contribution is -2.39. The molecule has 0 aromatic heterocycles. The highest BCUT2D eigenvalue weighted by Gasteiger charge is 2.24. The summed E-state index contributed by atoms with van der Waals surface area (Å²) in [4.78, 5) is 14.7. The number of likely N-dealkylation sites (tertiary alicyclic amines) is 1. The van der Waals surface area contributed by atoms with E-state index in [-0.39, 0.29) is 22.6 Å². The summed E-state index contributed by atoms with van der Waals surface area (Å²) in [6.07, 6.45) is 2.87. The van der Waals surface area contributed by atoms with Crippen LogP contribution in [0.3, 0.4) is 0 Å². The lowest BCUT2D eigenvalue weighted by molar-refractivity contribution is -0.126. The maximum absolute atomic E-state index is 12.3. The zero-order valence-corrected chi connectivity index (χ0v) is 17.3. The Hall–Kier alpha value is -1.79. The average molecular weight is 441 g/mol. The van der Waals surface area contributed by atoms with Crippen molar-refractivity contribution in [2.24, 2.45) is 11.0 Å². The Labute approximate surface area is 178 Å². The van der Waals surface area contributed by atoms with Crippen molar-refractivity contribution in [2.75, 3.05) is 13.1 Å². The number of nitrogens with zero attached hydrogens (tertiary/aromatic N) is 2. The predicted molar refractivity (Wildman–Crippen MR) is 113 cm³/mol. The molecule has 1 amide bonds. The minimum absolute atomic E-state index is 0.0878. The molecule has 148 valence electrons. The van der Waals surface area contributed by atoms with E-state index >= 15 is 0 Å². The van der Waals surface area contributed by atoms with Crippen LogP contribution >= 0.6 is 34.8 Å². The van der Waals surface area contributed by atoms with Crippen molar-refractivity contribution in [3.05, 3.63) is 62.6 Å². The molecule has 1 heterocycles. The van der Waals surface area contributed by atoms with Crippen molar-refractivity contribution in [2.45, 2.75) is 19.4 Å². The number of benzene rings is 2. The largest absolute Gasteiger partial charge is 0.506 e. The SMILES string of the molecule is O=C(NN=Cc1cc(Cl)cc(Cl)c1O)C1CCN(Cc2ccc(Cl)cc2)CC1. The Morgan fingerprint density at radius 3 is 2.50 bits per heavy atom. The van der Waals surface area contributed by atoms with E-state index in [4.69, 9.17) is 34.8 Å². The lowest BCUT2D eigenvalue weighted by Gasteiger charge is -2.30. The highest BCUT2D eigenvalue weighted by atomic mass is 35.5. The third kappa shape index (κ3) is 5.61. The van der Waals surface area contributed by atoms with Gasteiger partial charge in [0.2, 0.25) is 5.91 Å². The number of phenolic OH excluding ortho intramolecular Hbond substituents is 1. The Balaban J connectivity index is 1.48. The first-order valence-corrected chi connectivity index (χ1v) is 10.0. The van der Waals surface area contributed by atoms with Crippen LogP contribution in [0.15, 0.2) is 41.5 Å². The normalized spacial score (nSPS) is 15.8. The number of phenols is 1. The van der Waals surface area contributed by atoms with Crippen molar-refractivity contribution < 1.29 is 9.90 Å². The summed E-state index contributed by atoms with van der Waals surface area (Å²) in [5.74, 6) is -0.343. The third-order valence-electron chi connectivity index (χ3n) is 4.71. The summed E-state index contributed by atoms with van der Waals surface area (Å²) in [5, 5.41) is 15.1. The smallest absolute Gasteiger partial charge is 0.243 e. The number of carbonyl (C=O) groups excluding carboxylic acids is 1. The van der Waals surface area contributed by atoms with E-state index in [0.717, 1.165) is 37.5 Å². The zero-order chi connectivity index (χ0) is 20.1. The van der Waals surface area contributed by atoms with Crippen molar-refractivity contribution in [1.82, 2.24) is 10.3 Å². The van der Waals surface area contributed by atoms with Crippen LogP contribution in [0, 0.1) is 5.92 Å². The van der Waals surface area contributed by atoms with Crippen LogP contribution in [0.4, 0.5) is 0 Å².